The van der Waals surface area contributed by atoms with Crippen molar-refractivity contribution in [2.75, 3.05) is 18.8 Å². The third-order valence-corrected chi connectivity index (χ3v) is 4.99. The molecule has 0 radical (unpaired) electrons. The summed E-state index contributed by atoms with van der Waals surface area (Å²) in [5.74, 6) is -0.0723. The molecular weight excluding hydrogens is 262 g/mol. The Morgan fingerprint density at radius 3 is 2.58 bits per heavy atom. The highest BCUT2D eigenvalue weighted by atomic mass is 32.1. The Bertz CT molecular complexity index is 492. The molecule has 106 valence electrons. The molecule has 19 heavy (non-hydrogen) atoms. The summed E-state index contributed by atoms with van der Waals surface area (Å²) in [6, 6.07) is 0. The van der Waals surface area contributed by atoms with E-state index in [1.165, 1.54) is 11.3 Å². The Hall–Kier alpha value is -1.14. The zero-order valence-electron chi connectivity index (χ0n) is 11.9. The van der Waals surface area contributed by atoms with Crippen LogP contribution in [-0.2, 0) is 6.42 Å². The lowest BCUT2D eigenvalue weighted by atomic mass is 9.79. The van der Waals surface area contributed by atoms with Crippen molar-refractivity contribution >= 4 is 22.4 Å². The van der Waals surface area contributed by atoms with Crippen molar-refractivity contribution in [3.8, 4) is 0 Å². The third kappa shape index (κ3) is 2.34. The molecule has 1 saturated heterocycles. The summed E-state index contributed by atoms with van der Waals surface area (Å²) in [7, 11) is 0. The Balaban J connectivity index is 2.27. The van der Waals surface area contributed by atoms with E-state index in [1.54, 1.807) is 11.8 Å². The molecule has 0 bridgehead atoms. The van der Waals surface area contributed by atoms with Crippen molar-refractivity contribution in [3.05, 3.63) is 10.6 Å². The predicted octanol–water partition coefficient (Wildman–Crippen LogP) is 1.52. The van der Waals surface area contributed by atoms with Crippen molar-refractivity contribution in [1.82, 2.24) is 9.88 Å². The van der Waals surface area contributed by atoms with Gasteiger partial charge in [-0.15, -0.1) is 0 Å². The van der Waals surface area contributed by atoms with Gasteiger partial charge in [0.25, 0.3) is 5.91 Å². The fourth-order valence-corrected chi connectivity index (χ4v) is 3.24. The van der Waals surface area contributed by atoms with Gasteiger partial charge < -0.3 is 15.7 Å². The van der Waals surface area contributed by atoms with Gasteiger partial charge in [0.15, 0.2) is 5.13 Å². The number of nitrogens with zero attached hydrogens (tertiary/aromatic N) is 2. The van der Waals surface area contributed by atoms with Crippen LogP contribution in [0, 0.1) is 5.41 Å². The normalized spacial score (nSPS) is 25.8. The first kappa shape index (κ1) is 14.3. The molecular formula is C13H21N3O2S. The summed E-state index contributed by atoms with van der Waals surface area (Å²) < 4.78 is 0. The first-order chi connectivity index (χ1) is 8.68. The van der Waals surface area contributed by atoms with Crippen molar-refractivity contribution in [3.63, 3.8) is 0 Å². The highest BCUT2D eigenvalue weighted by Gasteiger charge is 2.49. The molecule has 2 rings (SSSR count). The number of aromatic nitrogens is 1. The first-order valence-electron chi connectivity index (χ1n) is 6.45. The molecule has 0 spiro atoms. The van der Waals surface area contributed by atoms with Gasteiger partial charge in [-0.1, -0.05) is 32.1 Å². The smallest absolute Gasteiger partial charge is 0.266 e. The molecule has 0 aliphatic carbocycles. The van der Waals surface area contributed by atoms with Crippen LogP contribution in [0.5, 0.6) is 0 Å². The summed E-state index contributed by atoms with van der Waals surface area (Å²) >= 11 is 1.23. The second kappa shape index (κ2) is 4.45. The van der Waals surface area contributed by atoms with Crippen LogP contribution in [0.1, 0.15) is 43.1 Å². The van der Waals surface area contributed by atoms with E-state index in [4.69, 9.17) is 5.73 Å². The van der Waals surface area contributed by atoms with E-state index in [-0.39, 0.29) is 11.3 Å². The number of carbonyl (C=O) groups is 1. The fourth-order valence-electron chi connectivity index (χ4n) is 2.35. The van der Waals surface area contributed by atoms with Crippen LogP contribution in [-0.4, -0.2) is 39.6 Å². The summed E-state index contributed by atoms with van der Waals surface area (Å²) in [4.78, 5) is 19.0. The minimum Gasteiger partial charge on any atom is -0.388 e. The van der Waals surface area contributed by atoms with Gasteiger partial charge >= 0.3 is 0 Å². The highest BCUT2D eigenvalue weighted by molar-refractivity contribution is 7.17. The fraction of sp³-hybridized carbons (Fsp3) is 0.692. The van der Waals surface area contributed by atoms with Crippen molar-refractivity contribution in [1.29, 1.82) is 0 Å². The van der Waals surface area contributed by atoms with E-state index < -0.39 is 5.60 Å². The maximum absolute atomic E-state index is 12.5. The van der Waals surface area contributed by atoms with Crippen molar-refractivity contribution < 1.29 is 9.90 Å². The van der Waals surface area contributed by atoms with Gasteiger partial charge in [0.2, 0.25) is 0 Å². The summed E-state index contributed by atoms with van der Waals surface area (Å²) in [6.07, 6.45) is 0.683. The number of carbonyl (C=O) groups excluding carboxylic acids is 1. The van der Waals surface area contributed by atoms with Crippen LogP contribution in [0.4, 0.5) is 5.13 Å². The Labute approximate surface area is 117 Å². The number of likely N-dealkylation sites (tertiary alicyclic amines) is 1. The van der Waals surface area contributed by atoms with Gasteiger partial charge in [0.1, 0.15) is 4.88 Å². The maximum Gasteiger partial charge on any atom is 0.266 e. The van der Waals surface area contributed by atoms with Crippen LogP contribution in [0.2, 0.25) is 0 Å². The van der Waals surface area contributed by atoms with Gasteiger partial charge in [-0.05, 0) is 13.3 Å². The number of thiazole rings is 1. The standard InChI is InChI=1S/C13H21N3O2S/c1-5-8-9(19-11(14)15-8)10(17)16-6-12(2,3)13(4,18)7-16/h18H,5-7H2,1-4H3,(H2,14,15)/t13-/m1/s1. The quantitative estimate of drug-likeness (QED) is 0.862. The van der Waals surface area contributed by atoms with Crippen LogP contribution in [0.15, 0.2) is 0 Å². The number of aryl methyl sites for hydroxylation is 1. The Morgan fingerprint density at radius 2 is 2.11 bits per heavy atom. The largest absolute Gasteiger partial charge is 0.388 e. The number of anilines is 1. The van der Waals surface area contributed by atoms with Gasteiger partial charge in [0, 0.05) is 12.0 Å². The summed E-state index contributed by atoms with van der Waals surface area (Å²) in [6.45, 7) is 8.57. The molecule has 0 unspecified atom stereocenters. The van der Waals surface area contributed by atoms with Crippen molar-refractivity contribution in [2.24, 2.45) is 5.41 Å². The molecule has 0 saturated carbocycles. The average molecular weight is 283 g/mol. The number of nitrogens with two attached hydrogens (primary N) is 1. The number of nitrogen functional groups attached to an aromatic ring is 1. The zero-order valence-corrected chi connectivity index (χ0v) is 12.7. The predicted molar refractivity (Wildman–Crippen MR) is 76.2 cm³/mol. The van der Waals surface area contributed by atoms with Gasteiger partial charge in [-0.25, -0.2) is 4.98 Å². The number of aliphatic hydroxyl groups is 1. The van der Waals surface area contributed by atoms with E-state index in [9.17, 15) is 9.90 Å². The summed E-state index contributed by atoms with van der Waals surface area (Å²) in [5.41, 5.74) is 5.25. The minimum absolute atomic E-state index is 0.0723. The van der Waals surface area contributed by atoms with Crippen LogP contribution < -0.4 is 5.73 Å². The van der Waals surface area contributed by atoms with Crippen molar-refractivity contribution in [2.45, 2.75) is 39.7 Å². The van der Waals surface area contributed by atoms with Gasteiger partial charge in [-0.3, -0.25) is 4.79 Å². The molecule has 0 aromatic carbocycles. The lowest BCUT2D eigenvalue weighted by Crippen LogP contribution is -2.40. The van der Waals surface area contributed by atoms with E-state index in [0.717, 1.165) is 5.69 Å². The molecule has 1 aromatic rings. The van der Waals surface area contributed by atoms with E-state index in [2.05, 4.69) is 4.98 Å². The first-order valence-corrected chi connectivity index (χ1v) is 7.26. The third-order valence-electron chi connectivity index (χ3n) is 4.07. The van der Waals surface area contributed by atoms with E-state index in [1.807, 2.05) is 20.8 Å². The molecule has 1 atom stereocenters. The SMILES string of the molecule is CCc1nc(N)sc1C(=O)N1CC(C)(C)[C@](C)(O)C1. The monoisotopic (exact) mass is 283 g/mol. The number of rotatable bonds is 2. The highest BCUT2D eigenvalue weighted by Crippen LogP contribution is 2.39. The molecule has 6 heteroatoms. The van der Waals surface area contributed by atoms with E-state index in [0.29, 0.717) is 29.5 Å². The molecule has 5 nitrogen and oxygen atoms in total. The number of β-amino-alcohol motifs (C(OH)–C–C–N with tert-alkyl or cyclic N) is 1. The van der Waals surface area contributed by atoms with E-state index >= 15 is 0 Å². The number of hydrogen-bond donors (Lipinski definition) is 2. The molecule has 3 N–H and O–H groups in total. The van der Waals surface area contributed by atoms with Crippen LogP contribution in [0.25, 0.3) is 0 Å². The number of amides is 1. The number of hydrogen-bond acceptors (Lipinski definition) is 5. The summed E-state index contributed by atoms with van der Waals surface area (Å²) in [5, 5.41) is 10.8. The minimum atomic E-state index is -0.870. The van der Waals surface area contributed by atoms with Gasteiger partial charge in [-0.2, -0.15) is 0 Å². The molecule has 1 aromatic heterocycles. The van der Waals surface area contributed by atoms with Gasteiger partial charge in [0.05, 0.1) is 17.8 Å². The Kier molecular flexibility index (Phi) is 3.35. The molecule has 1 fully saturated rings. The molecule has 1 aliphatic rings. The lowest BCUT2D eigenvalue weighted by molar-refractivity contribution is -0.0108. The second-order valence-electron chi connectivity index (χ2n) is 6.00. The van der Waals surface area contributed by atoms with Crippen LogP contribution in [0.3, 0.4) is 0 Å². The molecule has 1 amide bonds. The molecule has 1 aliphatic heterocycles. The Morgan fingerprint density at radius 1 is 1.47 bits per heavy atom. The second-order valence-corrected chi connectivity index (χ2v) is 7.03. The zero-order chi connectivity index (χ0) is 14.4. The van der Waals surface area contributed by atoms with Crippen LogP contribution >= 0.6 is 11.3 Å². The topological polar surface area (TPSA) is 79.5 Å². The average Bonchev–Trinajstić information content (AvgIpc) is 2.76. The maximum atomic E-state index is 12.5. The lowest BCUT2D eigenvalue weighted by Gasteiger charge is -2.30. The molecule has 2 heterocycles.